The molecule has 3 aromatic rings. The van der Waals surface area contributed by atoms with Crippen LogP contribution in [0.25, 0.3) is 11.5 Å². The van der Waals surface area contributed by atoms with Gasteiger partial charge < -0.3 is 9.15 Å². The fourth-order valence-corrected chi connectivity index (χ4v) is 1.91. The van der Waals surface area contributed by atoms with Crippen LogP contribution >= 0.6 is 0 Å². The molecule has 0 aliphatic rings. The maximum atomic E-state index is 9.12. The SMILES string of the molecule is N#Cc1cccc(C#N)c1Oc1ccc(-c2nnco2)cc1. The number of hydrogen-bond donors (Lipinski definition) is 0. The molecule has 6 nitrogen and oxygen atoms in total. The Bertz CT molecular complexity index is 840. The van der Waals surface area contributed by atoms with Crippen molar-refractivity contribution in [2.75, 3.05) is 0 Å². The quantitative estimate of drug-likeness (QED) is 0.733. The summed E-state index contributed by atoms with van der Waals surface area (Å²) in [6, 6.07) is 15.8. The Kier molecular flexibility index (Phi) is 3.51. The van der Waals surface area contributed by atoms with Crippen LogP contribution in [-0.4, -0.2) is 10.2 Å². The smallest absolute Gasteiger partial charge is 0.247 e. The molecule has 0 N–H and O–H groups in total. The van der Waals surface area contributed by atoms with E-state index >= 15 is 0 Å². The van der Waals surface area contributed by atoms with Gasteiger partial charge in [-0.2, -0.15) is 10.5 Å². The second-order valence-electron chi connectivity index (χ2n) is 4.28. The Morgan fingerprint density at radius 2 is 1.64 bits per heavy atom. The summed E-state index contributed by atoms with van der Waals surface area (Å²) >= 11 is 0. The van der Waals surface area contributed by atoms with Crippen LogP contribution in [-0.2, 0) is 0 Å². The van der Waals surface area contributed by atoms with Gasteiger partial charge in [0.2, 0.25) is 12.3 Å². The predicted molar refractivity (Wildman–Crippen MR) is 75.7 cm³/mol. The Labute approximate surface area is 125 Å². The molecule has 0 radical (unpaired) electrons. The molecular formula is C16H8N4O2. The normalized spacial score (nSPS) is 9.73. The molecule has 0 aliphatic carbocycles. The number of para-hydroxylation sites is 1. The predicted octanol–water partition coefficient (Wildman–Crippen LogP) is 3.27. The molecule has 0 fully saturated rings. The van der Waals surface area contributed by atoms with Crippen molar-refractivity contribution in [3.05, 3.63) is 60.0 Å². The molecule has 6 heteroatoms. The van der Waals surface area contributed by atoms with E-state index in [4.69, 9.17) is 19.7 Å². The lowest BCUT2D eigenvalue weighted by Crippen LogP contribution is -1.92. The second kappa shape index (κ2) is 5.78. The average Bonchev–Trinajstić information content (AvgIpc) is 3.10. The van der Waals surface area contributed by atoms with Gasteiger partial charge in [-0.15, -0.1) is 10.2 Å². The van der Waals surface area contributed by atoms with Crippen molar-refractivity contribution < 1.29 is 9.15 Å². The summed E-state index contributed by atoms with van der Waals surface area (Å²) in [5, 5.41) is 25.7. The zero-order valence-corrected chi connectivity index (χ0v) is 11.2. The monoisotopic (exact) mass is 288 g/mol. The van der Waals surface area contributed by atoms with Crippen molar-refractivity contribution >= 4 is 0 Å². The molecule has 0 aliphatic heterocycles. The van der Waals surface area contributed by atoms with Gasteiger partial charge in [0.25, 0.3) is 0 Å². The molecule has 22 heavy (non-hydrogen) atoms. The zero-order valence-electron chi connectivity index (χ0n) is 11.2. The van der Waals surface area contributed by atoms with Crippen molar-refractivity contribution in [1.82, 2.24) is 10.2 Å². The standard InChI is InChI=1S/C16H8N4O2/c17-8-12-2-1-3-13(9-18)15(12)22-14-6-4-11(5-7-14)16-20-19-10-21-16/h1-7,10H. The van der Waals surface area contributed by atoms with Gasteiger partial charge in [0, 0.05) is 5.56 Å². The molecule has 0 bridgehead atoms. The van der Waals surface area contributed by atoms with Gasteiger partial charge in [-0.3, -0.25) is 0 Å². The zero-order chi connectivity index (χ0) is 15.4. The van der Waals surface area contributed by atoms with E-state index in [0.717, 1.165) is 5.56 Å². The Balaban J connectivity index is 1.92. The molecular weight excluding hydrogens is 280 g/mol. The number of ether oxygens (including phenoxy) is 1. The van der Waals surface area contributed by atoms with Gasteiger partial charge in [0.1, 0.15) is 17.9 Å². The van der Waals surface area contributed by atoms with Gasteiger partial charge in [-0.05, 0) is 36.4 Å². The minimum Gasteiger partial charge on any atom is -0.455 e. The highest BCUT2D eigenvalue weighted by atomic mass is 16.5. The number of aromatic nitrogens is 2. The van der Waals surface area contributed by atoms with E-state index in [9.17, 15) is 0 Å². The van der Waals surface area contributed by atoms with Gasteiger partial charge >= 0.3 is 0 Å². The van der Waals surface area contributed by atoms with E-state index in [-0.39, 0.29) is 5.75 Å². The number of hydrogen-bond acceptors (Lipinski definition) is 6. The molecule has 0 unspecified atom stereocenters. The van der Waals surface area contributed by atoms with Crippen LogP contribution < -0.4 is 4.74 Å². The molecule has 0 saturated heterocycles. The fraction of sp³-hybridized carbons (Fsp3) is 0. The summed E-state index contributed by atoms with van der Waals surface area (Å²) in [6.07, 6.45) is 1.25. The van der Waals surface area contributed by atoms with E-state index in [1.165, 1.54) is 6.39 Å². The van der Waals surface area contributed by atoms with E-state index in [2.05, 4.69) is 10.2 Å². The van der Waals surface area contributed by atoms with Crippen molar-refractivity contribution in [3.63, 3.8) is 0 Å². The topological polar surface area (TPSA) is 95.7 Å². The second-order valence-corrected chi connectivity index (χ2v) is 4.28. The number of benzene rings is 2. The van der Waals surface area contributed by atoms with Gasteiger partial charge in [0.05, 0.1) is 11.1 Å². The van der Waals surface area contributed by atoms with E-state index in [1.54, 1.807) is 42.5 Å². The first-order valence-corrected chi connectivity index (χ1v) is 6.29. The summed E-state index contributed by atoms with van der Waals surface area (Å²) in [5.41, 5.74) is 1.36. The van der Waals surface area contributed by atoms with Crippen LogP contribution in [0, 0.1) is 22.7 Å². The minimum atomic E-state index is 0.248. The van der Waals surface area contributed by atoms with Crippen molar-refractivity contribution in [1.29, 1.82) is 10.5 Å². The number of nitrogens with zero attached hydrogens (tertiary/aromatic N) is 4. The van der Waals surface area contributed by atoms with E-state index in [1.807, 2.05) is 12.1 Å². The van der Waals surface area contributed by atoms with Crippen LogP contribution in [0.15, 0.2) is 53.3 Å². The molecule has 0 spiro atoms. The third-order valence-electron chi connectivity index (χ3n) is 2.94. The van der Waals surface area contributed by atoms with Gasteiger partial charge in [0.15, 0.2) is 5.75 Å². The lowest BCUT2D eigenvalue weighted by molar-refractivity contribution is 0.479. The molecule has 2 aromatic carbocycles. The van der Waals surface area contributed by atoms with Gasteiger partial charge in [-0.1, -0.05) is 6.07 Å². The Morgan fingerprint density at radius 3 is 2.18 bits per heavy atom. The molecule has 104 valence electrons. The van der Waals surface area contributed by atoms with Crippen LogP contribution in [0.3, 0.4) is 0 Å². The number of rotatable bonds is 3. The molecule has 0 amide bonds. The molecule has 3 rings (SSSR count). The molecule has 0 saturated carbocycles. The third kappa shape index (κ3) is 2.49. The molecule has 1 heterocycles. The average molecular weight is 288 g/mol. The Hall–Kier alpha value is -3.64. The summed E-state index contributed by atoms with van der Waals surface area (Å²) in [6.45, 7) is 0. The highest BCUT2D eigenvalue weighted by Crippen LogP contribution is 2.30. The molecule has 0 atom stereocenters. The van der Waals surface area contributed by atoms with E-state index in [0.29, 0.717) is 22.8 Å². The van der Waals surface area contributed by atoms with Crippen LogP contribution in [0.4, 0.5) is 0 Å². The minimum absolute atomic E-state index is 0.248. The highest BCUT2D eigenvalue weighted by molar-refractivity contribution is 5.57. The third-order valence-corrected chi connectivity index (χ3v) is 2.94. The summed E-state index contributed by atoms with van der Waals surface area (Å²) in [7, 11) is 0. The van der Waals surface area contributed by atoms with Crippen LogP contribution in [0.2, 0.25) is 0 Å². The van der Waals surface area contributed by atoms with E-state index < -0.39 is 0 Å². The maximum absolute atomic E-state index is 9.12. The highest BCUT2D eigenvalue weighted by Gasteiger charge is 2.11. The first-order chi connectivity index (χ1) is 10.8. The number of nitriles is 2. The lowest BCUT2D eigenvalue weighted by atomic mass is 10.1. The van der Waals surface area contributed by atoms with Crippen LogP contribution in [0.1, 0.15) is 11.1 Å². The first-order valence-electron chi connectivity index (χ1n) is 6.29. The summed E-state index contributed by atoms with van der Waals surface area (Å²) < 4.78 is 10.8. The lowest BCUT2D eigenvalue weighted by Gasteiger charge is -2.09. The fourth-order valence-electron chi connectivity index (χ4n) is 1.91. The Morgan fingerprint density at radius 1 is 0.955 bits per heavy atom. The maximum Gasteiger partial charge on any atom is 0.247 e. The largest absolute Gasteiger partial charge is 0.455 e. The van der Waals surface area contributed by atoms with Crippen molar-refractivity contribution in [2.24, 2.45) is 0 Å². The first kappa shape index (κ1) is 13.3. The summed E-state index contributed by atoms with van der Waals surface area (Å²) in [4.78, 5) is 0. The van der Waals surface area contributed by atoms with Crippen molar-refractivity contribution in [2.45, 2.75) is 0 Å². The molecule has 1 aromatic heterocycles. The van der Waals surface area contributed by atoms with Crippen LogP contribution in [0.5, 0.6) is 11.5 Å². The van der Waals surface area contributed by atoms with Gasteiger partial charge in [-0.25, -0.2) is 0 Å². The summed E-state index contributed by atoms with van der Waals surface area (Å²) in [5.74, 6) is 1.15. The van der Waals surface area contributed by atoms with Crippen molar-refractivity contribution in [3.8, 4) is 35.1 Å².